The SMILES string of the molecule is CC(C)c1nc(-c2ccc(F)cc2Cl)nc2c1CNC2. The summed E-state index contributed by atoms with van der Waals surface area (Å²) in [6.07, 6.45) is 0. The standard InChI is InChI=1S/C15H15ClFN3/c1-8(2)14-11-6-18-7-13(11)19-15(20-14)10-4-3-9(17)5-12(10)16/h3-5,8,18H,6-7H2,1-2H3. The fraction of sp³-hybridized carbons (Fsp3) is 0.333. The highest BCUT2D eigenvalue weighted by molar-refractivity contribution is 6.33. The molecule has 0 atom stereocenters. The molecule has 1 N–H and O–H groups in total. The first-order valence-electron chi connectivity index (χ1n) is 6.62. The van der Waals surface area contributed by atoms with E-state index in [0.29, 0.717) is 22.3 Å². The van der Waals surface area contributed by atoms with Gasteiger partial charge >= 0.3 is 0 Å². The van der Waals surface area contributed by atoms with Crippen molar-refractivity contribution in [2.45, 2.75) is 32.9 Å². The monoisotopic (exact) mass is 291 g/mol. The third-order valence-electron chi connectivity index (χ3n) is 3.44. The number of hydrogen-bond donors (Lipinski definition) is 1. The van der Waals surface area contributed by atoms with Crippen molar-refractivity contribution in [2.24, 2.45) is 0 Å². The van der Waals surface area contributed by atoms with E-state index in [1.807, 2.05) is 0 Å². The molecule has 0 saturated heterocycles. The van der Waals surface area contributed by atoms with Gasteiger partial charge in [0.25, 0.3) is 0 Å². The normalized spacial score (nSPS) is 13.8. The molecule has 0 radical (unpaired) electrons. The molecule has 0 spiro atoms. The Hall–Kier alpha value is -1.52. The molecule has 1 aliphatic rings. The summed E-state index contributed by atoms with van der Waals surface area (Å²) in [5, 5.41) is 3.63. The number of rotatable bonds is 2. The van der Waals surface area contributed by atoms with Gasteiger partial charge in [-0.3, -0.25) is 0 Å². The summed E-state index contributed by atoms with van der Waals surface area (Å²) in [6.45, 7) is 5.76. The largest absolute Gasteiger partial charge is 0.307 e. The fourth-order valence-corrected chi connectivity index (χ4v) is 2.72. The van der Waals surface area contributed by atoms with Crippen molar-refractivity contribution in [1.29, 1.82) is 0 Å². The zero-order chi connectivity index (χ0) is 14.3. The average molecular weight is 292 g/mol. The Morgan fingerprint density at radius 2 is 2.05 bits per heavy atom. The Kier molecular flexibility index (Phi) is 3.44. The topological polar surface area (TPSA) is 37.8 Å². The maximum Gasteiger partial charge on any atom is 0.161 e. The molecular weight excluding hydrogens is 277 g/mol. The van der Waals surface area contributed by atoms with Crippen LogP contribution < -0.4 is 5.32 Å². The summed E-state index contributed by atoms with van der Waals surface area (Å²) in [6, 6.07) is 4.30. The van der Waals surface area contributed by atoms with Gasteiger partial charge in [0.2, 0.25) is 0 Å². The van der Waals surface area contributed by atoms with E-state index in [4.69, 9.17) is 11.6 Å². The Balaban J connectivity index is 2.17. The lowest BCUT2D eigenvalue weighted by molar-refractivity contribution is 0.628. The molecule has 104 valence electrons. The smallest absolute Gasteiger partial charge is 0.161 e. The van der Waals surface area contributed by atoms with Gasteiger partial charge in [-0.05, 0) is 24.1 Å². The van der Waals surface area contributed by atoms with Crippen molar-refractivity contribution < 1.29 is 4.39 Å². The van der Waals surface area contributed by atoms with Crippen LogP contribution in [-0.2, 0) is 13.1 Å². The Morgan fingerprint density at radius 3 is 2.75 bits per heavy atom. The van der Waals surface area contributed by atoms with Crippen LogP contribution in [0.2, 0.25) is 5.02 Å². The Bertz CT molecular complexity index is 670. The first kappa shape index (κ1) is 13.5. The number of aromatic nitrogens is 2. The van der Waals surface area contributed by atoms with Crippen molar-refractivity contribution in [3.8, 4) is 11.4 Å². The van der Waals surface area contributed by atoms with Gasteiger partial charge in [-0.1, -0.05) is 25.4 Å². The van der Waals surface area contributed by atoms with Crippen molar-refractivity contribution >= 4 is 11.6 Å². The highest BCUT2D eigenvalue weighted by atomic mass is 35.5. The maximum atomic E-state index is 13.2. The summed E-state index contributed by atoms with van der Waals surface area (Å²) < 4.78 is 13.2. The molecule has 0 bridgehead atoms. The molecular formula is C15H15ClFN3. The minimum absolute atomic E-state index is 0.310. The molecule has 0 aliphatic carbocycles. The van der Waals surface area contributed by atoms with Gasteiger partial charge in [0, 0.05) is 24.2 Å². The minimum Gasteiger partial charge on any atom is -0.307 e. The summed E-state index contributed by atoms with van der Waals surface area (Å²) in [7, 11) is 0. The summed E-state index contributed by atoms with van der Waals surface area (Å²) in [5.74, 6) is 0.524. The van der Waals surface area contributed by atoms with Crippen LogP contribution in [0.3, 0.4) is 0 Å². The molecule has 3 rings (SSSR count). The van der Waals surface area contributed by atoms with Gasteiger partial charge in [0.15, 0.2) is 5.82 Å². The first-order chi connectivity index (χ1) is 9.56. The second-order valence-electron chi connectivity index (χ2n) is 5.24. The van der Waals surface area contributed by atoms with Crippen LogP contribution >= 0.6 is 11.6 Å². The van der Waals surface area contributed by atoms with Gasteiger partial charge in [-0.2, -0.15) is 0 Å². The Labute approximate surface area is 122 Å². The van der Waals surface area contributed by atoms with Crippen LogP contribution in [-0.4, -0.2) is 9.97 Å². The van der Waals surface area contributed by atoms with E-state index in [-0.39, 0.29) is 5.82 Å². The van der Waals surface area contributed by atoms with Crippen LogP contribution in [0.4, 0.5) is 4.39 Å². The van der Waals surface area contributed by atoms with Gasteiger partial charge in [-0.15, -0.1) is 0 Å². The number of halogens is 2. The molecule has 5 heteroatoms. The number of hydrogen-bond acceptors (Lipinski definition) is 3. The van der Waals surface area contributed by atoms with Crippen LogP contribution in [0.25, 0.3) is 11.4 Å². The van der Waals surface area contributed by atoms with E-state index < -0.39 is 0 Å². The quantitative estimate of drug-likeness (QED) is 0.917. The number of nitrogens with zero attached hydrogens (tertiary/aromatic N) is 2. The maximum absolute atomic E-state index is 13.2. The molecule has 20 heavy (non-hydrogen) atoms. The van der Waals surface area contributed by atoms with Crippen molar-refractivity contribution in [1.82, 2.24) is 15.3 Å². The summed E-state index contributed by atoms with van der Waals surface area (Å²) in [4.78, 5) is 9.22. The molecule has 2 heterocycles. The second kappa shape index (κ2) is 5.11. The summed E-state index contributed by atoms with van der Waals surface area (Å²) in [5.41, 5.74) is 3.90. The average Bonchev–Trinajstić information content (AvgIpc) is 2.85. The van der Waals surface area contributed by atoms with E-state index in [0.717, 1.165) is 24.5 Å². The molecule has 0 fully saturated rings. The van der Waals surface area contributed by atoms with Crippen molar-refractivity contribution in [3.63, 3.8) is 0 Å². The highest BCUT2D eigenvalue weighted by Gasteiger charge is 2.21. The first-order valence-corrected chi connectivity index (χ1v) is 7.00. The minimum atomic E-state index is -0.356. The van der Waals surface area contributed by atoms with E-state index in [1.54, 1.807) is 6.07 Å². The lowest BCUT2D eigenvalue weighted by Crippen LogP contribution is -2.05. The number of nitrogens with one attached hydrogen (secondary N) is 1. The second-order valence-corrected chi connectivity index (χ2v) is 5.65. The number of fused-ring (bicyclic) bond motifs is 1. The van der Waals surface area contributed by atoms with E-state index in [1.165, 1.54) is 17.7 Å². The molecule has 1 aliphatic heterocycles. The van der Waals surface area contributed by atoms with E-state index >= 15 is 0 Å². The highest BCUT2D eigenvalue weighted by Crippen LogP contribution is 2.30. The molecule has 1 aromatic heterocycles. The molecule has 2 aromatic rings. The van der Waals surface area contributed by atoms with Crippen LogP contribution in [0.5, 0.6) is 0 Å². The lowest BCUT2D eigenvalue weighted by atomic mass is 10.0. The third-order valence-corrected chi connectivity index (χ3v) is 3.75. The zero-order valence-corrected chi connectivity index (χ0v) is 12.1. The molecule has 1 aromatic carbocycles. The van der Waals surface area contributed by atoms with Gasteiger partial charge in [0.1, 0.15) is 5.82 Å². The molecule has 3 nitrogen and oxygen atoms in total. The zero-order valence-electron chi connectivity index (χ0n) is 11.4. The number of benzene rings is 1. The Morgan fingerprint density at radius 1 is 1.25 bits per heavy atom. The van der Waals surface area contributed by atoms with Crippen LogP contribution in [0.1, 0.15) is 36.7 Å². The lowest BCUT2D eigenvalue weighted by Gasteiger charge is -2.13. The van der Waals surface area contributed by atoms with E-state index in [2.05, 4.69) is 29.1 Å². The van der Waals surface area contributed by atoms with Gasteiger partial charge in [-0.25, -0.2) is 14.4 Å². The van der Waals surface area contributed by atoms with Crippen LogP contribution in [0.15, 0.2) is 18.2 Å². The van der Waals surface area contributed by atoms with Crippen molar-refractivity contribution in [3.05, 3.63) is 46.0 Å². The molecule has 0 amide bonds. The van der Waals surface area contributed by atoms with Gasteiger partial charge < -0.3 is 5.32 Å². The van der Waals surface area contributed by atoms with Crippen molar-refractivity contribution in [2.75, 3.05) is 0 Å². The molecule has 0 unspecified atom stereocenters. The van der Waals surface area contributed by atoms with E-state index in [9.17, 15) is 4.39 Å². The predicted molar refractivity (Wildman–Crippen MR) is 77.1 cm³/mol. The predicted octanol–water partition coefficient (Wildman–Crippen LogP) is 3.66. The van der Waals surface area contributed by atoms with Gasteiger partial charge in [0.05, 0.1) is 16.4 Å². The van der Waals surface area contributed by atoms with Crippen LogP contribution in [0, 0.1) is 5.82 Å². The summed E-state index contributed by atoms with van der Waals surface area (Å²) >= 11 is 6.11. The third kappa shape index (κ3) is 2.30. The fourth-order valence-electron chi connectivity index (χ4n) is 2.46. The molecule has 0 saturated carbocycles.